The molecule has 1 heterocycles. The van der Waals surface area contributed by atoms with Crippen molar-refractivity contribution < 1.29 is 18.3 Å². The number of hydrogen-bond acceptors (Lipinski definition) is 4. The van der Waals surface area contributed by atoms with Crippen molar-refractivity contribution >= 4 is 15.7 Å². The van der Waals surface area contributed by atoms with Gasteiger partial charge in [-0.3, -0.25) is 4.79 Å². The Labute approximate surface area is 89.8 Å². The average molecular weight is 235 g/mol. The summed E-state index contributed by atoms with van der Waals surface area (Å²) in [5.41, 5.74) is 0. The number of amides is 1. The third kappa shape index (κ3) is 3.17. The lowest BCUT2D eigenvalue weighted by Crippen LogP contribution is -2.46. The molecule has 0 spiro atoms. The fourth-order valence-corrected chi connectivity index (χ4v) is 3.44. The Morgan fingerprint density at radius 1 is 1.53 bits per heavy atom. The molecule has 0 radical (unpaired) electrons. The Morgan fingerprint density at radius 3 is 2.73 bits per heavy atom. The van der Waals surface area contributed by atoms with Crippen LogP contribution in [-0.2, 0) is 14.6 Å². The third-order valence-electron chi connectivity index (χ3n) is 2.53. The molecule has 1 fully saturated rings. The Morgan fingerprint density at radius 2 is 2.20 bits per heavy atom. The van der Waals surface area contributed by atoms with E-state index < -0.39 is 27.0 Å². The first-order valence-electron chi connectivity index (χ1n) is 5.10. The first-order valence-corrected chi connectivity index (χ1v) is 6.81. The summed E-state index contributed by atoms with van der Waals surface area (Å²) in [7, 11) is -3.27. The van der Waals surface area contributed by atoms with Gasteiger partial charge in [-0.05, 0) is 19.8 Å². The Kier molecular flexibility index (Phi) is 4.10. The number of carbonyl (C=O) groups is 1. The number of aliphatic hydroxyl groups excluding tert-OH is 1. The number of nitrogens with one attached hydrogen (secondary N) is 1. The lowest BCUT2D eigenvalue weighted by atomic mass is 10.1. The van der Waals surface area contributed by atoms with Gasteiger partial charge < -0.3 is 10.4 Å². The molecule has 1 rings (SSSR count). The van der Waals surface area contributed by atoms with Crippen LogP contribution in [0.5, 0.6) is 0 Å². The van der Waals surface area contributed by atoms with Crippen molar-refractivity contribution in [3.05, 3.63) is 0 Å². The molecule has 1 saturated heterocycles. The molecule has 5 nitrogen and oxygen atoms in total. The van der Waals surface area contributed by atoms with Gasteiger partial charge in [0.25, 0.3) is 0 Å². The van der Waals surface area contributed by atoms with Crippen LogP contribution in [0.15, 0.2) is 0 Å². The van der Waals surface area contributed by atoms with Crippen LogP contribution in [0.1, 0.15) is 26.2 Å². The fourth-order valence-electron chi connectivity index (χ4n) is 1.63. The van der Waals surface area contributed by atoms with E-state index in [4.69, 9.17) is 5.11 Å². The van der Waals surface area contributed by atoms with Crippen molar-refractivity contribution in [1.29, 1.82) is 0 Å². The minimum atomic E-state index is -3.27. The smallest absolute Gasteiger partial charge is 0.238 e. The van der Waals surface area contributed by atoms with Crippen LogP contribution in [0.4, 0.5) is 0 Å². The van der Waals surface area contributed by atoms with Crippen molar-refractivity contribution in [2.45, 2.75) is 37.5 Å². The summed E-state index contributed by atoms with van der Waals surface area (Å²) < 4.78 is 23.1. The van der Waals surface area contributed by atoms with E-state index >= 15 is 0 Å². The van der Waals surface area contributed by atoms with Crippen LogP contribution >= 0.6 is 0 Å². The van der Waals surface area contributed by atoms with E-state index in [1.807, 2.05) is 0 Å². The zero-order valence-corrected chi connectivity index (χ0v) is 9.59. The topological polar surface area (TPSA) is 83.5 Å². The molecule has 0 aromatic rings. The molecule has 0 aromatic carbocycles. The highest BCUT2D eigenvalue weighted by Crippen LogP contribution is 2.19. The highest BCUT2D eigenvalue weighted by Gasteiger charge is 2.34. The van der Waals surface area contributed by atoms with E-state index in [0.29, 0.717) is 12.8 Å². The quantitative estimate of drug-likeness (QED) is 0.687. The van der Waals surface area contributed by atoms with Gasteiger partial charge in [0.1, 0.15) is 5.25 Å². The maximum Gasteiger partial charge on any atom is 0.238 e. The van der Waals surface area contributed by atoms with Crippen LogP contribution < -0.4 is 5.32 Å². The van der Waals surface area contributed by atoms with Gasteiger partial charge in [-0.1, -0.05) is 6.42 Å². The lowest BCUT2D eigenvalue weighted by Gasteiger charge is -2.22. The predicted molar refractivity (Wildman–Crippen MR) is 56.1 cm³/mol. The fraction of sp³-hybridized carbons (Fsp3) is 0.889. The molecule has 1 aliphatic heterocycles. The molecule has 2 atom stereocenters. The molecule has 1 amide bonds. The molecule has 0 saturated carbocycles. The summed E-state index contributed by atoms with van der Waals surface area (Å²) in [5.74, 6) is -0.380. The van der Waals surface area contributed by atoms with Crippen molar-refractivity contribution in [2.24, 2.45) is 0 Å². The Hall–Kier alpha value is -0.620. The molecule has 2 unspecified atom stereocenters. The minimum absolute atomic E-state index is 0.0958. The van der Waals surface area contributed by atoms with Gasteiger partial charge in [0, 0.05) is 6.04 Å². The van der Waals surface area contributed by atoms with Gasteiger partial charge in [0.2, 0.25) is 5.91 Å². The summed E-state index contributed by atoms with van der Waals surface area (Å²) in [5, 5.41) is 10.3. The monoisotopic (exact) mass is 235 g/mol. The van der Waals surface area contributed by atoms with Gasteiger partial charge in [-0.15, -0.1) is 0 Å². The van der Waals surface area contributed by atoms with E-state index in [2.05, 4.69) is 5.32 Å². The first-order chi connectivity index (χ1) is 6.97. The molecule has 15 heavy (non-hydrogen) atoms. The van der Waals surface area contributed by atoms with Crippen molar-refractivity contribution in [3.8, 4) is 0 Å². The number of carbonyl (C=O) groups excluding carboxylic acids is 1. The molecule has 0 aliphatic carbocycles. The zero-order chi connectivity index (χ0) is 11.5. The maximum atomic E-state index is 11.6. The van der Waals surface area contributed by atoms with Gasteiger partial charge in [0.15, 0.2) is 9.84 Å². The van der Waals surface area contributed by atoms with Crippen LogP contribution in [-0.4, -0.2) is 43.1 Å². The van der Waals surface area contributed by atoms with E-state index in [-0.39, 0.29) is 12.4 Å². The molecular weight excluding hydrogens is 218 g/mol. The summed E-state index contributed by atoms with van der Waals surface area (Å²) in [4.78, 5) is 11.6. The SMILES string of the molecule is CC(CO)NC(=O)C1CCCCS1(=O)=O. The number of sulfone groups is 1. The van der Waals surface area contributed by atoms with Gasteiger partial charge in [0.05, 0.1) is 12.4 Å². The zero-order valence-electron chi connectivity index (χ0n) is 8.77. The van der Waals surface area contributed by atoms with Crippen LogP contribution in [0, 0.1) is 0 Å². The van der Waals surface area contributed by atoms with Crippen LogP contribution in [0.25, 0.3) is 0 Å². The normalized spacial score (nSPS) is 26.9. The van der Waals surface area contributed by atoms with Crippen LogP contribution in [0.2, 0.25) is 0 Å². The second kappa shape index (κ2) is 4.94. The van der Waals surface area contributed by atoms with Gasteiger partial charge in [-0.2, -0.15) is 0 Å². The van der Waals surface area contributed by atoms with Gasteiger partial charge in [-0.25, -0.2) is 8.42 Å². The molecule has 0 aromatic heterocycles. The molecule has 88 valence electrons. The van der Waals surface area contributed by atoms with Crippen molar-refractivity contribution in [1.82, 2.24) is 5.32 Å². The van der Waals surface area contributed by atoms with E-state index in [1.165, 1.54) is 0 Å². The Bertz CT molecular complexity index is 325. The molecular formula is C9H17NO4S. The van der Waals surface area contributed by atoms with Crippen molar-refractivity contribution in [2.75, 3.05) is 12.4 Å². The van der Waals surface area contributed by atoms with Crippen LogP contribution in [0.3, 0.4) is 0 Å². The highest BCUT2D eigenvalue weighted by molar-refractivity contribution is 7.92. The minimum Gasteiger partial charge on any atom is -0.394 e. The summed E-state index contributed by atoms with van der Waals surface area (Å²) in [6.07, 6.45) is 1.80. The molecule has 1 aliphatic rings. The number of aliphatic hydroxyl groups is 1. The van der Waals surface area contributed by atoms with E-state index in [0.717, 1.165) is 6.42 Å². The molecule has 6 heteroatoms. The van der Waals surface area contributed by atoms with E-state index in [9.17, 15) is 13.2 Å². The second-order valence-corrected chi connectivity index (χ2v) is 6.25. The summed E-state index contributed by atoms with van der Waals surface area (Å²) in [6.45, 7) is 1.45. The first kappa shape index (κ1) is 12.4. The van der Waals surface area contributed by atoms with E-state index in [1.54, 1.807) is 6.92 Å². The van der Waals surface area contributed by atoms with Crippen molar-refractivity contribution in [3.63, 3.8) is 0 Å². The standard InChI is InChI=1S/C9H17NO4S/c1-7(6-11)10-9(12)8-4-2-3-5-15(8,13)14/h7-8,11H,2-6H2,1H3,(H,10,12). The molecule has 0 bridgehead atoms. The maximum absolute atomic E-state index is 11.6. The number of rotatable bonds is 3. The highest BCUT2D eigenvalue weighted by atomic mass is 32.2. The third-order valence-corrected chi connectivity index (χ3v) is 4.71. The largest absolute Gasteiger partial charge is 0.394 e. The lowest BCUT2D eigenvalue weighted by molar-refractivity contribution is -0.121. The average Bonchev–Trinajstić information content (AvgIpc) is 2.16. The molecule has 2 N–H and O–H groups in total. The van der Waals surface area contributed by atoms with Gasteiger partial charge >= 0.3 is 0 Å². The Balaban J connectivity index is 2.65. The second-order valence-electron chi connectivity index (χ2n) is 3.94. The number of hydrogen-bond donors (Lipinski definition) is 2. The summed E-state index contributed by atoms with van der Waals surface area (Å²) >= 11 is 0. The summed E-state index contributed by atoms with van der Waals surface area (Å²) in [6, 6.07) is -0.394. The predicted octanol–water partition coefficient (Wildman–Crippen LogP) is -0.549.